The first kappa shape index (κ1) is 8.55. The highest BCUT2D eigenvalue weighted by Crippen LogP contribution is 2.42. The predicted octanol–water partition coefficient (Wildman–Crippen LogP) is 1.88. The second-order valence-electron chi connectivity index (χ2n) is 2.70. The van der Waals surface area contributed by atoms with E-state index in [1.165, 1.54) is 12.1 Å². The van der Waals surface area contributed by atoms with Crippen molar-refractivity contribution in [2.75, 3.05) is 0 Å². The van der Waals surface area contributed by atoms with Crippen LogP contribution in [-0.4, -0.2) is 11.2 Å². The van der Waals surface area contributed by atoms with Gasteiger partial charge in [-0.25, -0.2) is 0 Å². The van der Waals surface area contributed by atoms with Gasteiger partial charge in [-0.15, -0.1) is 0 Å². The van der Waals surface area contributed by atoms with Gasteiger partial charge in [-0.3, -0.25) is 10.1 Å². The Balaban J connectivity index is 2.46. The van der Waals surface area contributed by atoms with Crippen molar-refractivity contribution in [1.82, 2.24) is 0 Å². The maximum absolute atomic E-state index is 10.6. The quantitative estimate of drug-likeness (QED) is 0.408. The smallest absolute Gasteiger partial charge is 0.315 e. The fourth-order valence-corrected chi connectivity index (χ4v) is 1.22. The van der Waals surface area contributed by atoms with E-state index in [0.717, 1.165) is 0 Å². The van der Waals surface area contributed by atoms with Crippen LogP contribution in [0.3, 0.4) is 0 Å². The third-order valence-corrected chi connectivity index (χ3v) is 1.82. The van der Waals surface area contributed by atoms with Gasteiger partial charge in [-0.1, -0.05) is 12.6 Å². The molecule has 1 aromatic rings. The van der Waals surface area contributed by atoms with E-state index in [0.29, 0.717) is 5.75 Å². The molecule has 0 saturated heterocycles. The van der Waals surface area contributed by atoms with Gasteiger partial charge in [-0.2, -0.15) is 0 Å². The molecule has 1 aromatic carbocycles. The Bertz CT molecular complexity index is 402. The molecule has 1 heterocycles. The number of nitro benzene ring substituents is 1. The van der Waals surface area contributed by atoms with Gasteiger partial charge in [0.25, 0.3) is 6.29 Å². The first-order chi connectivity index (χ1) is 6.72. The van der Waals surface area contributed by atoms with Gasteiger partial charge in [-0.05, 0) is 12.1 Å². The molecule has 72 valence electrons. The lowest BCUT2D eigenvalue weighted by Gasteiger charge is -2.01. The van der Waals surface area contributed by atoms with E-state index in [2.05, 4.69) is 6.58 Å². The number of nitro groups is 1. The maximum Gasteiger partial charge on any atom is 0.315 e. The summed E-state index contributed by atoms with van der Waals surface area (Å²) in [6.45, 7) is 3.48. The Morgan fingerprint density at radius 1 is 1.50 bits per heavy atom. The van der Waals surface area contributed by atoms with E-state index in [4.69, 9.17) is 9.47 Å². The van der Waals surface area contributed by atoms with Gasteiger partial charge in [0.15, 0.2) is 5.75 Å². The van der Waals surface area contributed by atoms with Crippen LogP contribution in [0.2, 0.25) is 0 Å². The molecule has 0 N–H and O–H groups in total. The van der Waals surface area contributed by atoms with Crippen LogP contribution in [-0.2, 0) is 0 Å². The molecule has 14 heavy (non-hydrogen) atoms. The van der Waals surface area contributed by atoms with E-state index in [1.807, 2.05) is 0 Å². The molecule has 2 rings (SSSR count). The van der Waals surface area contributed by atoms with E-state index >= 15 is 0 Å². The summed E-state index contributed by atoms with van der Waals surface area (Å²) in [5.74, 6) is 0.548. The monoisotopic (exact) mass is 193 g/mol. The number of fused-ring (bicyclic) bond motifs is 1. The van der Waals surface area contributed by atoms with Crippen molar-refractivity contribution in [1.29, 1.82) is 0 Å². The Morgan fingerprint density at radius 3 is 2.93 bits per heavy atom. The summed E-state index contributed by atoms with van der Waals surface area (Å²) in [5.41, 5.74) is -0.0909. The zero-order valence-electron chi connectivity index (χ0n) is 7.17. The van der Waals surface area contributed by atoms with Gasteiger partial charge >= 0.3 is 5.69 Å². The minimum absolute atomic E-state index is 0.0909. The fourth-order valence-electron chi connectivity index (χ4n) is 1.22. The van der Waals surface area contributed by atoms with E-state index < -0.39 is 11.2 Å². The zero-order valence-corrected chi connectivity index (χ0v) is 7.17. The van der Waals surface area contributed by atoms with Crippen LogP contribution in [0, 0.1) is 10.1 Å². The molecule has 5 heteroatoms. The number of benzene rings is 1. The second-order valence-corrected chi connectivity index (χ2v) is 2.70. The average Bonchev–Trinajstić information content (AvgIpc) is 2.59. The normalized spacial score (nSPS) is 17.9. The standard InChI is InChI=1S/C9H7NO4/c1-2-8-13-7-5-3-4-6(10(11)12)9(7)14-8/h2-5,8H,1H2. The molecule has 0 radical (unpaired) electrons. The minimum Gasteiger partial charge on any atom is -0.447 e. The molecule has 0 amide bonds. The molecule has 0 aliphatic carbocycles. The first-order valence-electron chi connectivity index (χ1n) is 3.95. The minimum atomic E-state index is -0.633. The molecule has 0 spiro atoms. The Hall–Kier alpha value is -2.04. The van der Waals surface area contributed by atoms with Gasteiger partial charge in [0, 0.05) is 6.07 Å². The number of hydrogen-bond acceptors (Lipinski definition) is 4. The number of nitrogens with zero attached hydrogens (tertiary/aromatic N) is 1. The summed E-state index contributed by atoms with van der Waals surface area (Å²) in [4.78, 5) is 10.1. The van der Waals surface area contributed by atoms with Crippen LogP contribution >= 0.6 is 0 Å². The van der Waals surface area contributed by atoms with Crippen LogP contribution in [0.25, 0.3) is 0 Å². The van der Waals surface area contributed by atoms with Crippen molar-refractivity contribution < 1.29 is 14.4 Å². The molecule has 5 nitrogen and oxygen atoms in total. The first-order valence-corrected chi connectivity index (χ1v) is 3.95. The Labute approximate surface area is 79.7 Å². The summed E-state index contributed by atoms with van der Waals surface area (Å²) < 4.78 is 10.4. The van der Waals surface area contributed by atoms with Crippen molar-refractivity contribution in [2.24, 2.45) is 0 Å². The van der Waals surface area contributed by atoms with E-state index in [-0.39, 0.29) is 11.4 Å². The van der Waals surface area contributed by atoms with Crippen LogP contribution in [0.4, 0.5) is 5.69 Å². The van der Waals surface area contributed by atoms with Crippen molar-refractivity contribution in [3.63, 3.8) is 0 Å². The van der Waals surface area contributed by atoms with Crippen molar-refractivity contribution in [2.45, 2.75) is 6.29 Å². The highest BCUT2D eigenvalue weighted by Gasteiger charge is 2.29. The number of para-hydroxylation sites is 1. The van der Waals surface area contributed by atoms with Gasteiger partial charge in [0.1, 0.15) is 0 Å². The molecule has 0 bridgehead atoms. The van der Waals surface area contributed by atoms with Crippen LogP contribution in [0.5, 0.6) is 11.5 Å². The Kier molecular flexibility index (Phi) is 1.85. The molecular formula is C9H7NO4. The third-order valence-electron chi connectivity index (χ3n) is 1.82. The highest BCUT2D eigenvalue weighted by atomic mass is 16.7. The summed E-state index contributed by atoms with van der Waals surface area (Å²) in [7, 11) is 0. The third kappa shape index (κ3) is 1.19. The van der Waals surface area contributed by atoms with Crippen molar-refractivity contribution in [3.05, 3.63) is 41.0 Å². The predicted molar refractivity (Wildman–Crippen MR) is 48.3 cm³/mol. The SMILES string of the molecule is C=CC1Oc2cccc([N+](=O)[O-])c2O1. The summed E-state index contributed by atoms with van der Waals surface area (Å²) in [5, 5.41) is 10.6. The van der Waals surface area contributed by atoms with Crippen LogP contribution in [0.15, 0.2) is 30.9 Å². The molecule has 1 aliphatic heterocycles. The maximum atomic E-state index is 10.6. The van der Waals surface area contributed by atoms with Crippen LogP contribution < -0.4 is 9.47 Å². The lowest BCUT2D eigenvalue weighted by Crippen LogP contribution is -2.13. The van der Waals surface area contributed by atoms with Crippen LogP contribution in [0.1, 0.15) is 0 Å². The van der Waals surface area contributed by atoms with Gasteiger partial charge in [0.05, 0.1) is 4.92 Å². The van der Waals surface area contributed by atoms with Gasteiger partial charge < -0.3 is 9.47 Å². The summed E-state index contributed by atoms with van der Waals surface area (Å²) in [6, 6.07) is 4.53. The summed E-state index contributed by atoms with van der Waals surface area (Å²) >= 11 is 0. The molecule has 1 unspecified atom stereocenters. The Morgan fingerprint density at radius 2 is 2.29 bits per heavy atom. The van der Waals surface area contributed by atoms with Crippen molar-refractivity contribution in [3.8, 4) is 11.5 Å². The largest absolute Gasteiger partial charge is 0.447 e. The molecule has 0 aromatic heterocycles. The van der Waals surface area contributed by atoms with E-state index in [9.17, 15) is 10.1 Å². The van der Waals surface area contributed by atoms with E-state index in [1.54, 1.807) is 12.1 Å². The zero-order chi connectivity index (χ0) is 10.1. The molecule has 1 atom stereocenters. The summed E-state index contributed by atoms with van der Waals surface area (Å²) in [6.07, 6.45) is 0.801. The lowest BCUT2D eigenvalue weighted by atomic mass is 10.3. The number of rotatable bonds is 2. The second kappa shape index (κ2) is 3.02. The fraction of sp³-hybridized carbons (Fsp3) is 0.111. The highest BCUT2D eigenvalue weighted by molar-refractivity contribution is 5.57. The average molecular weight is 193 g/mol. The molecule has 0 fully saturated rings. The number of hydrogen-bond donors (Lipinski definition) is 0. The van der Waals surface area contributed by atoms with Gasteiger partial charge in [0.2, 0.25) is 5.75 Å². The molecule has 0 saturated carbocycles. The van der Waals surface area contributed by atoms with Crippen molar-refractivity contribution >= 4 is 5.69 Å². The molecule has 1 aliphatic rings. The topological polar surface area (TPSA) is 61.6 Å². The number of ether oxygens (including phenoxy) is 2. The molecular weight excluding hydrogens is 186 g/mol. The lowest BCUT2D eigenvalue weighted by molar-refractivity contribution is -0.385.